The number of ketones is 1. The minimum absolute atomic E-state index is 0.0332. The first-order valence-corrected chi connectivity index (χ1v) is 4.87. The second-order valence-electron chi connectivity index (χ2n) is 4.08. The van der Waals surface area contributed by atoms with E-state index in [4.69, 9.17) is 5.26 Å². The van der Waals surface area contributed by atoms with Gasteiger partial charge in [0, 0.05) is 12.3 Å². The Morgan fingerprint density at radius 3 is 3.07 bits per heavy atom. The van der Waals surface area contributed by atoms with E-state index in [1.54, 1.807) is 0 Å². The molecule has 2 aliphatic carbocycles. The third-order valence-electron chi connectivity index (χ3n) is 3.41. The standard InChI is InChI=1S/C12H9NO/c13-6-7-2-1-3-9-8-4-10(12(7)9)11(14)5-8/h1-3,8,10H,4-5H2/t8-,10-/m1/s1. The fourth-order valence-electron chi connectivity index (χ4n) is 2.83. The molecule has 2 nitrogen and oxygen atoms in total. The number of Topliss-reactive ketones (excluding diaryl/α,β-unsaturated/α-hetero) is 1. The molecule has 0 amide bonds. The van der Waals surface area contributed by atoms with Crippen LogP contribution < -0.4 is 0 Å². The molecule has 1 fully saturated rings. The molecule has 0 spiro atoms. The molecule has 0 aliphatic heterocycles. The van der Waals surface area contributed by atoms with Crippen molar-refractivity contribution in [1.29, 1.82) is 5.26 Å². The average molecular weight is 183 g/mol. The molecule has 2 bridgehead atoms. The van der Waals surface area contributed by atoms with Gasteiger partial charge in [-0.3, -0.25) is 4.79 Å². The lowest BCUT2D eigenvalue weighted by atomic mass is 9.88. The molecule has 0 aromatic heterocycles. The Kier molecular flexibility index (Phi) is 1.36. The highest BCUT2D eigenvalue weighted by Crippen LogP contribution is 2.51. The van der Waals surface area contributed by atoms with Gasteiger partial charge in [0.2, 0.25) is 0 Å². The minimum Gasteiger partial charge on any atom is -0.299 e. The number of benzene rings is 1. The molecule has 0 saturated heterocycles. The Bertz CT molecular complexity index is 470. The maximum absolute atomic E-state index is 11.6. The molecule has 1 aromatic rings. The molecular formula is C12H9NO. The Hall–Kier alpha value is -1.62. The molecule has 1 saturated carbocycles. The quantitative estimate of drug-likeness (QED) is 0.618. The van der Waals surface area contributed by atoms with Crippen molar-refractivity contribution in [3.05, 3.63) is 34.9 Å². The van der Waals surface area contributed by atoms with Crippen LogP contribution in [0.3, 0.4) is 0 Å². The van der Waals surface area contributed by atoms with Crippen LogP contribution in [0.5, 0.6) is 0 Å². The van der Waals surface area contributed by atoms with Gasteiger partial charge in [-0.05, 0) is 29.5 Å². The van der Waals surface area contributed by atoms with Gasteiger partial charge in [0.1, 0.15) is 5.78 Å². The van der Waals surface area contributed by atoms with E-state index in [9.17, 15) is 4.79 Å². The summed E-state index contributed by atoms with van der Waals surface area (Å²) in [4.78, 5) is 11.6. The van der Waals surface area contributed by atoms with Gasteiger partial charge in [-0.1, -0.05) is 12.1 Å². The van der Waals surface area contributed by atoms with Crippen LogP contribution in [0.4, 0.5) is 0 Å². The molecule has 2 atom stereocenters. The topological polar surface area (TPSA) is 40.9 Å². The van der Waals surface area contributed by atoms with Crippen molar-refractivity contribution in [3.8, 4) is 6.07 Å². The predicted octanol–water partition coefficient (Wildman–Crippen LogP) is 2.10. The maximum atomic E-state index is 11.6. The highest BCUT2D eigenvalue weighted by Gasteiger charge is 2.43. The Balaban J connectivity index is 2.28. The fraction of sp³-hybridized carbons (Fsp3) is 0.333. The Labute approximate surface area is 82.2 Å². The number of nitriles is 1. The fourth-order valence-corrected chi connectivity index (χ4v) is 2.83. The lowest BCUT2D eigenvalue weighted by molar-refractivity contribution is -0.118. The Morgan fingerprint density at radius 2 is 2.29 bits per heavy atom. The van der Waals surface area contributed by atoms with Crippen LogP contribution in [-0.2, 0) is 4.79 Å². The zero-order valence-electron chi connectivity index (χ0n) is 7.66. The predicted molar refractivity (Wildman–Crippen MR) is 50.9 cm³/mol. The second kappa shape index (κ2) is 2.45. The van der Waals surface area contributed by atoms with E-state index in [-0.39, 0.29) is 5.92 Å². The van der Waals surface area contributed by atoms with Crippen LogP contribution >= 0.6 is 0 Å². The monoisotopic (exact) mass is 183 g/mol. The molecule has 0 unspecified atom stereocenters. The summed E-state index contributed by atoms with van der Waals surface area (Å²) in [5, 5.41) is 8.95. The first-order valence-electron chi connectivity index (χ1n) is 4.87. The lowest BCUT2D eigenvalue weighted by Gasteiger charge is -2.14. The van der Waals surface area contributed by atoms with Crippen LogP contribution in [0.1, 0.15) is 41.4 Å². The number of hydrogen-bond acceptors (Lipinski definition) is 2. The molecule has 2 aliphatic rings. The van der Waals surface area contributed by atoms with Gasteiger partial charge >= 0.3 is 0 Å². The third kappa shape index (κ3) is 0.773. The van der Waals surface area contributed by atoms with Gasteiger partial charge in [-0.25, -0.2) is 0 Å². The summed E-state index contributed by atoms with van der Waals surface area (Å²) < 4.78 is 0. The van der Waals surface area contributed by atoms with Crippen LogP contribution in [-0.4, -0.2) is 5.78 Å². The van der Waals surface area contributed by atoms with Crippen molar-refractivity contribution in [2.24, 2.45) is 0 Å². The molecule has 1 aromatic carbocycles. The summed E-state index contributed by atoms with van der Waals surface area (Å²) in [5.74, 6) is 0.756. The van der Waals surface area contributed by atoms with Crippen molar-refractivity contribution in [1.82, 2.24) is 0 Å². The molecule has 14 heavy (non-hydrogen) atoms. The molecule has 0 N–H and O–H groups in total. The third-order valence-corrected chi connectivity index (χ3v) is 3.41. The summed E-state index contributed by atoms with van der Waals surface area (Å²) >= 11 is 0. The Morgan fingerprint density at radius 1 is 1.43 bits per heavy atom. The van der Waals surface area contributed by atoms with Crippen molar-refractivity contribution < 1.29 is 4.79 Å². The van der Waals surface area contributed by atoms with Crippen molar-refractivity contribution in [2.75, 3.05) is 0 Å². The lowest BCUT2D eigenvalue weighted by Crippen LogP contribution is -2.10. The summed E-state index contributed by atoms with van der Waals surface area (Å²) in [6.07, 6.45) is 1.62. The van der Waals surface area contributed by atoms with E-state index in [1.165, 1.54) is 5.56 Å². The van der Waals surface area contributed by atoms with Crippen LogP contribution in [0, 0.1) is 11.3 Å². The van der Waals surface area contributed by atoms with Crippen molar-refractivity contribution in [3.63, 3.8) is 0 Å². The number of rotatable bonds is 0. The number of carbonyl (C=O) groups excluding carboxylic acids is 1. The average Bonchev–Trinajstić information content (AvgIpc) is 2.74. The van der Waals surface area contributed by atoms with E-state index >= 15 is 0 Å². The number of carbonyl (C=O) groups is 1. The summed E-state index contributed by atoms with van der Waals surface area (Å²) in [5.41, 5.74) is 2.97. The maximum Gasteiger partial charge on any atom is 0.141 e. The largest absolute Gasteiger partial charge is 0.299 e. The van der Waals surface area contributed by atoms with Crippen LogP contribution in [0.2, 0.25) is 0 Å². The number of nitrogens with zero attached hydrogens (tertiary/aromatic N) is 1. The molecule has 0 heterocycles. The van der Waals surface area contributed by atoms with E-state index in [0.717, 1.165) is 12.0 Å². The van der Waals surface area contributed by atoms with Crippen LogP contribution in [0.25, 0.3) is 0 Å². The van der Waals surface area contributed by atoms with Gasteiger partial charge in [0.25, 0.3) is 0 Å². The van der Waals surface area contributed by atoms with Gasteiger partial charge in [0.15, 0.2) is 0 Å². The normalized spacial score (nSPS) is 27.5. The molecular weight excluding hydrogens is 174 g/mol. The van der Waals surface area contributed by atoms with Gasteiger partial charge in [-0.2, -0.15) is 5.26 Å². The number of hydrogen-bond donors (Lipinski definition) is 0. The van der Waals surface area contributed by atoms with E-state index in [2.05, 4.69) is 12.1 Å². The zero-order valence-corrected chi connectivity index (χ0v) is 7.66. The van der Waals surface area contributed by atoms with Crippen LogP contribution in [0.15, 0.2) is 18.2 Å². The summed E-state index contributed by atoms with van der Waals surface area (Å²) in [6.45, 7) is 0. The van der Waals surface area contributed by atoms with E-state index in [1.807, 2.05) is 12.1 Å². The zero-order chi connectivity index (χ0) is 9.71. The van der Waals surface area contributed by atoms with Crippen molar-refractivity contribution >= 4 is 5.78 Å². The minimum atomic E-state index is 0.0332. The molecule has 68 valence electrons. The molecule has 0 radical (unpaired) electrons. The second-order valence-corrected chi connectivity index (χ2v) is 4.08. The first-order chi connectivity index (χ1) is 6.81. The van der Waals surface area contributed by atoms with Crippen molar-refractivity contribution in [2.45, 2.75) is 24.7 Å². The molecule has 3 rings (SSSR count). The SMILES string of the molecule is N#Cc1cccc2c1[C@@H]1C[C@@H]2CC1=O. The van der Waals surface area contributed by atoms with E-state index in [0.29, 0.717) is 23.7 Å². The number of fused-ring (bicyclic) bond motifs is 5. The highest BCUT2D eigenvalue weighted by atomic mass is 16.1. The first kappa shape index (κ1) is 7.75. The highest BCUT2D eigenvalue weighted by molar-refractivity contribution is 5.92. The van der Waals surface area contributed by atoms with Gasteiger partial charge in [-0.15, -0.1) is 0 Å². The smallest absolute Gasteiger partial charge is 0.141 e. The molecule has 2 heteroatoms. The summed E-state index contributed by atoms with van der Waals surface area (Å²) in [6, 6.07) is 7.97. The van der Waals surface area contributed by atoms with E-state index < -0.39 is 0 Å². The van der Waals surface area contributed by atoms with Gasteiger partial charge in [0.05, 0.1) is 11.6 Å². The van der Waals surface area contributed by atoms with Gasteiger partial charge < -0.3 is 0 Å². The summed E-state index contributed by atoms with van der Waals surface area (Å²) in [7, 11) is 0.